The fraction of sp³-hybridized carbons (Fsp3) is 0.148. The lowest BCUT2D eigenvalue weighted by Crippen LogP contribution is -2.31. The molecule has 1 aliphatic rings. The summed E-state index contributed by atoms with van der Waals surface area (Å²) in [5.74, 6) is -1.92. The van der Waals surface area contributed by atoms with E-state index in [1.807, 2.05) is 29.9 Å². The van der Waals surface area contributed by atoms with Crippen LogP contribution in [0.4, 0.5) is 11.4 Å². The Bertz CT molecular complexity index is 1450. The van der Waals surface area contributed by atoms with E-state index in [-0.39, 0.29) is 34.1 Å². The number of carbonyl (C=O) groups excluding carboxylic acids is 2. The number of phenolic OH excluding ortho intramolecular Hbond substituents is 1. The van der Waals surface area contributed by atoms with Crippen molar-refractivity contribution in [2.24, 2.45) is 7.05 Å². The van der Waals surface area contributed by atoms with Gasteiger partial charge in [-0.25, -0.2) is 0 Å². The zero-order valence-electron chi connectivity index (χ0n) is 20.0. The van der Waals surface area contributed by atoms with E-state index in [0.717, 1.165) is 16.2 Å². The topological polar surface area (TPSA) is 116 Å². The molecule has 2 aromatic carbocycles. The Balaban J connectivity index is 1.84. The number of aromatic hydroxyl groups is 1. The molecule has 0 aliphatic carbocycles. The van der Waals surface area contributed by atoms with E-state index in [1.54, 1.807) is 42.5 Å². The first-order valence-corrected chi connectivity index (χ1v) is 12.8. The van der Waals surface area contributed by atoms with Gasteiger partial charge in [0, 0.05) is 39.6 Å². The van der Waals surface area contributed by atoms with Gasteiger partial charge in [-0.05, 0) is 48.5 Å². The summed E-state index contributed by atoms with van der Waals surface area (Å²) in [7, 11) is 3.25. The molecule has 3 aromatic rings. The van der Waals surface area contributed by atoms with Gasteiger partial charge < -0.3 is 25.0 Å². The quantitative estimate of drug-likeness (QED) is 0.313. The molecule has 3 N–H and O–H groups in total. The number of benzene rings is 2. The number of carbonyl (C=O) groups is 2. The maximum atomic E-state index is 13.8. The molecule has 2 amide bonds. The first-order valence-electron chi connectivity index (χ1n) is 11.2. The average molecular weight is 579 g/mol. The van der Waals surface area contributed by atoms with Crippen molar-refractivity contribution in [2.45, 2.75) is 12.3 Å². The summed E-state index contributed by atoms with van der Waals surface area (Å²) in [5, 5.41) is 25.7. The number of ether oxygens (including phenoxy) is 1. The number of hydrogen-bond donors (Lipinski definition) is 3. The lowest BCUT2D eigenvalue weighted by Gasteiger charge is -2.30. The lowest BCUT2D eigenvalue weighted by molar-refractivity contribution is -0.113. The molecule has 188 valence electrons. The number of nitrogens with zero attached hydrogens (tertiary/aromatic N) is 2. The van der Waals surface area contributed by atoms with Crippen LogP contribution in [0.15, 0.2) is 92.5 Å². The largest absolute Gasteiger partial charge is 0.506 e. The van der Waals surface area contributed by atoms with Gasteiger partial charge in [-0.1, -0.05) is 39.8 Å². The molecule has 0 saturated heterocycles. The molecule has 2 heterocycles. The smallest absolute Gasteiger partial charge is 0.257 e. The summed E-state index contributed by atoms with van der Waals surface area (Å²) < 4.78 is 8.31. The van der Waals surface area contributed by atoms with Gasteiger partial charge in [0.15, 0.2) is 5.09 Å². The Morgan fingerprint density at radius 1 is 1.08 bits per heavy atom. The van der Waals surface area contributed by atoms with Gasteiger partial charge >= 0.3 is 0 Å². The van der Waals surface area contributed by atoms with Crippen LogP contribution in [-0.2, 0) is 21.4 Å². The van der Waals surface area contributed by atoms with Gasteiger partial charge in [0.25, 0.3) is 11.8 Å². The summed E-state index contributed by atoms with van der Waals surface area (Å²) in [6.45, 7) is 0. The summed E-state index contributed by atoms with van der Waals surface area (Å²) in [4.78, 5) is 28.0. The van der Waals surface area contributed by atoms with Crippen LogP contribution in [0, 0.1) is 11.3 Å². The summed E-state index contributed by atoms with van der Waals surface area (Å²) in [6, 6.07) is 19.2. The van der Waals surface area contributed by atoms with Gasteiger partial charge in [0.05, 0.1) is 36.8 Å². The van der Waals surface area contributed by atoms with E-state index in [0.29, 0.717) is 16.3 Å². The second kappa shape index (κ2) is 11.4. The van der Waals surface area contributed by atoms with Gasteiger partial charge in [0.1, 0.15) is 5.75 Å². The SMILES string of the molecule is COC1=C(C(=O)Nc2ccccc2O)[C@@H](c2cccn2C)C(C(=O)Nc2ccc(Br)cc2)=C(CC#N)S1. The van der Waals surface area contributed by atoms with Gasteiger partial charge in [-0.15, -0.1) is 0 Å². The van der Waals surface area contributed by atoms with E-state index in [1.165, 1.54) is 13.2 Å². The van der Waals surface area contributed by atoms with Crippen LogP contribution >= 0.6 is 27.7 Å². The molecule has 8 nitrogen and oxygen atoms in total. The van der Waals surface area contributed by atoms with E-state index in [9.17, 15) is 20.0 Å². The lowest BCUT2D eigenvalue weighted by atomic mass is 9.85. The summed E-state index contributed by atoms with van der Waals surface area (Å²) in [5.41, 5.74) is 1.92. The number of nitriles is 1. The van der Waals surface area contributed by atoms with Crippen LogP contribution in [0.1, 0.15) is 18.0 Å². The predicted octanol–water partition coefficient (Wildman–Crippen LogP) is 5.63. The van der Waals surface area contributed by atoms with Crippen molar-refractivity contribution in [2.75, 3.05) is 17.7 Å². The minimum Gasteiger partial charge on any atom is -0.506 e. The van der Waals surface area contributed by atoms with Crippen LogP contribution in [0.25, 0.3) is 0 Å². The number of methoxy groups -OCH3 is 1. The van der Waals surface area contributed by atoms with Crippen LogP contribution in [0.5, 0.6) is 5.75 Å². The van der Waals surface area contributed by atoms with E-state index in [2.05, 4.69) is 32.6 Å². The fourth-order valence-corrected chi connectivity index (χ4v) is 5.40. The number of nitrogens with one attached hydrogen (secondary N) is 2. The van der Waals surface area contributed by atoms with Crippen molar-refractivity contribution < 1.29 is 19.4 Å². The maximum absolute atomic E-state index is 13.8. The number of thioether (sulfide) groups is 1. The molecule has 1 aromatic heterocycles. The third-order valence-corrected chi connectivity index (χ3v) is 7.47. The van der Waals surface area contributed by atoms with E-state index < -0.39 is 17.7 Å². The van der Waals surface area contributed by atoms with Crippen LogP contribution in [0.2, 0.25) is 0 Å². The number of halogens is 1. The second-order valence-electron chi connectivity index (χ2n) is 8.09. The molecule has 10 heteroatoms. The van der Waals surface area contributed by atoms with Crippen molar-refractivity contribution in [3.8, 4) is 11.8 Å². The molecule has 0 radical (unpaired) electrons. The third-order valence-electron chi connectivity index (χ3n) is 5.76. The Morgan fingerprint density at radius 2 is 1.78 bits per heavy atom. The number of aryl methyl sites for hydroxylation is 1. The zero-order valence-corrected chi connectivity index (χ0v) is 22.4. The number of aromatic nitrogens is 1. The molecule has 4 rings (SSSR count). The van der Waals surface area contributed by atoms with Gasteiger partial charge in [0.2, 0.25) is 0 Å². The number of phenols is 1. The first-order chi connectivity index (χ1) is 17.8. The second-order valence-corrected chi connectivity index (χ2v) is 10.1. The number of anilines is 2. The monoisotopic (exact) mass is 578 g/mol. The molecule has 0 saturated carbocycles. The Kier molecular flexibility index (Phi) is 8.06. The first kappa shape index (κ1) is 26.1. The minimum absolute atomic E-state index is 0.0457. The number of para-hydroxylation sites is 2. The molecule has 1 aliphatic heterocycles. The summed E-state index contributed by atoms with van der Waals surface area (Å²) >= 11 is 4.46. The number of amides is 2. The zero-order chi connectivity index (χ0) is 26.5. The molecular weight excluding hydrogens is 556 g/mol. The number of allylic oxidation sites excluding steroid dienone is 1. The van der Waals surface area contributed by atoms with E-state index >= 15 is 0 Å². The number of rotatable bonds is 7. The molecular formula is C27H23BrN4O4S. The minimum atomic E-state index is -0.846. The highest BCUT2D eigenvalue weighted by Gasteiger charge is 2.41. The van der Waals surface area contributed by atoms with Crippen molar-refractivity contribution >= 4 is 50.9 Å². The molecule has 0 spiro atoms. The highest BCUT2D eigenvalue weighted by molar-refractivity contribution is 9.10. The maximum Gasteiger partial charge on any atom is 0.257 e. The van der Waals surface area contributed by atoms with Crippen LogP contribution in [0.3, 0.4) is 0 Å². The Hall–Kier alpha value is -3.94. The standard InChI is InChI=1S/C27H23BrN4O4S/c1-32-15-5-7-19(32)22-23(25(34)30-17-11-9-16(28)10-12-17)21(13-14-29)37-27(36-2)24(22)26(35)31-18-6-3-4-8-20(18)33/h3-12,15,22,33H,13H2,1-2H3,(H,30,34)(H,31,35)/t22-/m0/s1. The van der Waals surface area contributed by atoms with Crippen molar-refractivity contribution in [1.29, 1.82) is 5.26 Å². The molecule has 0 bridgehead atoms. The van der Waals surface area contributed by atoms with Crippen LogP contribution < -0.4 is 10.6 Å². The molecule has 0 unspecified atom stereocenters. The Morgan fingerprint density at radius 3 is 2.41 bits per heavy atom. The summed E-state index contributed by atoms with van der Waals surface area (Å²) in [6.07, 6.45) is 1.77. The highest BCUT2D eigenvalue weighted by atomic mass is 79.9. The molecule has 37 heavy (non-hydrogen) atoms. The van der Waals surface area contributed by atoms with Crippen LogP contribution in [-0.4, -0.2) is 28.6 Å². The van der Waals surface area contributed by atoms with Crippen molar-refractivity contribution in [3.05, 3.63) is 98.2 Å². The number of hydrogen-bond acceptors (Lipinski definition) is 6. The van der Waals surface area contributed by atoms with E-state index in [4.69, 9.17) is 4.74 Å². The Labute approximate surface area is 226 Å². The average Bonchev–Trinajstić information content (AvgIpc) is 3.31. The van der Waals surface area contributed by atoms with Gasteiger partial charge in [-0.2, -0.15) is 5.26 Å². The van der Waals surface area contributed by atoms with Crippen molar-refractivity contribution in [1.82, 2.24) is 4.57 Å². The molecule has 0 fully saturated rings. The third kappa shape index (κ3) is 5.58. The fourth-order valence-electron chi connectivity index (χ4n) is 4.05. The van der Waals surface area contributed by atoms with Gasteiger partial charge in [-0.3, -0.25) is 9.59 Å². The predicted molar refractivity (Wildman–Crippen MR) is 147 cm³/mol. The highest BCUT2D eigenvalue weighted by Crippen LogP contribution is 2.49. The van der Waals surface area contributed by atoms with Crippen molar-refractivity contribution in [3.63, 3.8) is 0 Å². The molecule has 1 atom stereocenters. The normalized spacial score (nSPS) is 15.2.